The van der Waals surface area contributed by atoms with Gasteiger partial charge in [0, 0.05) is 32.6 Å². The summed E-state index contributed by atoms with van der Waals surface area (Å²) in [7, 11) is 3.40. The third-order valence-corrected chi connectivity index (χ3v) is 2.52. The fraction of sp³-hybridized carbons (Fsp3) is 0.538. The Bertz CT molecular complexity index is 410. The number of hydrogen-bond donors (Lipinski definition) is 2. The molecule has 0 saturated heterocycles. The number of methoxy groups -OCH3 is 1. The van der Waals surface area contributed by atoms with E-state index in [2.05, 4.69) is 15.6 Å². The van der Waals surface area contributed by atoms with E-state index in [-0.39, 0.29) is 5.91 Å². The Hall–Kier alpha value is -1.66. The maximum Gasteiger partial charge on any atom is 0.255 e. The molecule has 1 amide bonds. The monoisotopic (exact) mass is 267 g/mol. The van der Waals surface area contributed by atoms with Crippen molar-refractivity contribution in [1.29, 1.82) is 0 Å². The third-order valence-electron chi connectivity index (χ3n) is 2.52. The van der Waals surface area contributed by atoms with Gasteiger partial charge in [-0.25, -0.2) is 0 Å². The fourth-order valence-corrected chi connectivity index (χ4v) is 1.52. The van der Waals surface area contributed by atoms with Gasteiger partial charge in [-0.3, -0.25) is 9.78 Å². The summed E-state index contributed by atoms with van der Waals surface area (Å²) in [5.41, 5.74) is 2.17. The van der Waals surface area contributed by atoms with Crippen LogP contribution in [0.3, 0.4) is 0 Å². The van der Waals surface area contributed by atoms with Crippen molar-refractivity contribution in [2.45, 2.75) is 6.92 Å². The van der Waals surface area contributed by atoms with Gasteiger partial charge in [0.1, 0.15) is 0 Å². The van der Waals surface area contributed by atoms with Crippen LogP contribution in [0, 0.1) is 6.92 Å². The topological polar surface area (TPSA) is 72.5 Å². The fourth-order valence-electron chi connectivity index (χ4n) is 1.52. The number of aromatic nitrogens is 1. The summed E-state index contributed by atoms with van der Waals surface area (Å²) in [6.45, 7) is 3.88. The zero-order valence-electron chi connectivity index (χ0n) is 11.7. The molecular weight excluding hydrogens is 246 g/mol. The van der Waals surface area contributed by atoms with Crippen molar-refractivity contribution in [3.05, 3.63) is 23.5 Å². The number of amides is 1. The number of nitrogens with zero attached hydrogens (tertiary/aromatic N) is 1. The van der Waals surface area contributed by atoms with Gasteiger partial charge >= 0.3 is 0 Å². The molecule has 0 aliphatic heterocycles. The molecule has 0 aromatic carbocycles. The summed E-state index contributed by atoms with van der Waals surface area (Å²) < 4.78 is 10.1. The standard InChI is InChI=1S/C13H21N3O3/c1-10-8-12(14-2)11(9-16-10)13(17)15-4-5-19-7-6-18-3/h8-9H,4-7H2,1-3H3,(H,14,16)(H,15,17). The highest BCUT2D eigenvalue weighted by molar-refractivity contribution is 5.99. The van der Waals surface area contributed by atoms with Gasteiger partial charge < -0.3 is 20.1 Å². The summed E-state index contributed by atoms with van der Waals surface area (Å²) in [5, 5.41) is 5.77. The molecule has 1 rings (SSSR count). The Morgan fingerprint density at radius 1 is 1.37 bits per heavy atom. The molecule has 1 aromatic heterocycles. The Balaban J connectivity index is 2.41. The summed E-state index contributed by atoms with van der Waals surface area (Å²) >= 11 is 0. The van der Waals surface area contributed by atoms with Crippen LogP contribution < -0.4 is 10.6 Å². The second-order valence-electron chi connectivity index (χ2n) is 3.98. The summed E-state index contributed by atoms with van der Waals surface area (Å²) in [5.74, 6) is -0.160. The average molecular weight is 267 g/mol. The van der Waals surface area contributed by atoms with Crippen LogP contribution in [0.4, 0.5) is 5.69 Å². The minimum atomic E-state index is -0.160. The molecule has 0 unspecified atom stereocenters. The maximum absolute atomic E-state index is 12.0. The molecular formula is C13H21N3O3. The van der Waals surface area contributed by atoms with Gasteiger partial charge in [-0.05, 0) is 13.0 Å². The van der Waals surface area contributed by atoms with Crippen LogP contribution >= 0.6 is 0 Å². The maximum atomic E-state index is 12.0. The molecule has 0 aliphatic carbocycles. The zero-order chi connectivity index (χ0) is 14.1. The number of rotatable bonds is 8. The molecule has 0 radical (unpaired) electrons. The zero-order valence-corrected chi connectivity index (χ0v) is 11.7. The lowest BCUT2D eigenvalue weighted by Crippen LogP contribution is -2.28. The van der Waals surface area contributed by atoms with Crippen LogP contribution in [-0.4, -0.2) is 51.4 Å². The van der Waals surface area contributed by atoms with Crippen LogP contribution in [0.15, 0.2) is 12.3 Å². The van der Waals surface area contributed by atoms with E-state index >= 15 is 0 Å². The van der Waals surface area contributed by atoms with Crippen molar-refractivity contribution < 1.29 is 14.3 Å². The van der Waals surface area contributed by atoms with Gasteiger partial charge in [-0.1, -0.05) is 0 Å². The van der Waals surface area contributed by atoms with E-state index in [4.69, 9.17) is 9.47 Å². The van der Waals surface area contributed by atoms with Crippen molar-refractivity contribution in [1.82, 2.24) is 10.3 Å². The van der Waals surface area contributed by atoms with Gasteiger partial charge in [0.2, 0.25) is 0 Å². The van der Waals surface area contributed by atoms with Crippen molar-refractivity contribution in [3.8, 4) is 0 Å². The minimum Gasteiger partial charge on any atom is -0.387 e. The Kier molecular flexibility index (Phi) is 6.84. The number of anilines is 1. The van der Waals surface area contributed by atoms with Gasteiger partial charge in [-0.15, -0.1) is 0 Å². The Morgan fingerprint density at radius 2 is 2.16 bits per heavy atom. The second-order valence-corrected chi connectivity index (χ2v) is 3.98. The van der Waals surface area contributed by atoms with Crippen molar-refractivity contribution >= 4 is 11.6 Å². The lowest BCUT2D eigenvalue weighted by atomic mass is 10.2. The first kappa shape index (κ1) is 15.4. The molecule has 1 aromatic rings. The van der Waals surface area contributed by atoms with Crippen molar-refractivity contribution in [2.24, 2.45) is 0 Å². The molecule has 0 aliphatic rings. The SMILES string of the molecule is CNc1cc(C)ncc1C(=O)NCCOCCOC. The largest absolute Gasteiger partial charge is 0.387 e. The molecule has 0 saturated carbocycles. The lowest BCUT2D eigenvalue weighted by Gasteiger charge is -2.10. The van der Waals surface area contributed by atoms with E-state index in [1.807, 2.05) is 13.0 Å². The van der Waals surface area contributed by atoms with Gasteiger partial charge in [-0.2, -0.15) is 0 Å². The molecule has 2 N–H and O–H groups in total. The third kappa shape index (κ3) is 5.23. The summed E-state index contributed by atoms with van der Waals surface area (Å²) in [6, 6.07) is 1.84. The highest BCUT2D eigenvalue weighted by Crippen LogP contribution is 2.14. The smallest absolute Gasteiger partial charge is 0.255 e. The molecule has 106 valence electrons. The molecule has 6 nitrogen and oxygen atoms in total. The molecule has 19 heavy (non-hydrogen) atoms. The minimum absolute atomic E-state index is 0.160. The van der Waals surface area contributed by atoms with Crippen molar-refractivity contribution in [2.75, 3.05) is 45.8 Å². The predicted molar refractivity (Wildman–Crippen MR) is 73.5 cm³/mol. The van der Waals surface area contributed by atoms with Crippen LogP contribution in [0.1, 0.15) is 16.1 Å². The van der Waals surface area contributed by atoms with Gasteiger partial charge in [0.25, 0.3) is 5.91 Å². The molecule has 1 heterocycles. The van der Waals surface area contributed by atoms with Gasteiger partial charge in [0.15, 0.2) is 0 Å². The number of carbonyl (C=O) groups excluding carboxylic acids is 1. The van der Waals surface area contributed by atoms with E-state index in [1.54, 1.807) is 20.4 Å². The first-order valence-corrected chi connectivity index (χ1v) is 6.18. The van der Waals surface area contributed by atoms with E-state index in [0.717, 1.165) is 11.4 Å². The van der Waals surface area contributed by atoms with E-state index in [1.165, 1.54) is 0 Å². The summed E-state index contributed by atoms with van der Waals surface area (Å²) in [4.78, 5) is 16.1. The first-order chi connectivity index (χ1) is 9.19. The van der Waals surface area contributed by atoms with Crippen LogP contribution in [0.5, 0.6) is 0 Å². The average Bonchev–Trinajstić information content (AvgIpc) is 2.42. The van der Waals surface area contributed by atoms with Crippen LogP contribution in [0.2, 0.25) is 0 Å². The van der Waals surface area contributed by atoms with Crippen LogP contribution in [0.25, 0.3) is 0 Å². The number of ether oxygens (including phenoxy) is 2. The highest BCUT2D eigenvalue weighted by Gasteiger charge is 2.10. The number of carbonyl (C=O) groups is 1. The predicted octanol–water partition coefficient (Wildman–Crippen LogP) is 0.825. The first-order valence-electron chi connectivity index (χ1n) is 6.18. The van der Waals surface area contributed by atoms with E-state index in [9.17, 15) is 4.79 Å². The highest BCUT2D eigenvalue weighted by atomic mass is 16.5. The molecule has 0 bridgehead atoms. The van der Waals surface area contributed by atoms with Crippen LogP contribution in [-0.2, 0) is 9.47 Å². The number of hydrogen-bond acceptors (Lipinski definition) is 5. The molecule has 6 heteroatoms. The lowest BCUT2D eigenvalue weighted by molar-refractivity contribution is 0.0693. The van der Waals surface area contributed by atoms with Gasteiger partial charge in [0.05, 0.1) is 31.1 Å². The molecule has 0 atom stereocenters. The number of nitrogens with one attached hydrogen (secondary N) is 2. The quantitative estimate of drug-likeness (QED) is 0.682. The normalized spacial score (nSPS) is 10.3. The Morgan fingerprint density at radius 3 is 2.84 bits per heavy atom. The van der Waals surface area contributed by atoms with E-state index in [0.29, 0.717) is 31.9 Å². The Labute approximate surface area is 113 Å². The second kappa shape index (κ2) is 8.44. The molecule has 0 spiro atoms. The number of aryl methyl sites for hydroxylation is 1. The molecule has 0 fully saturated rings. The summed E-state index contributed by atoms with van der Waals surface area (Å²) in [6.07, 6.45) is 1.57. The number of pyridine rings is 1. The van der Waals surface area contributed by atoms with Crippen molar-refractivity contribution in [3.63, 3.8) is 0 Å². The van der Waals surface area contributed by atoms with E-state index < -0.39 is 0 Å².